The van der Waals surface area contributed by atoms with Gasteiger partial charge in [-0.25, -0.2) is 0 Å². The van der Waals surface area contributed by atoms with Gasteiger partial charge in [0.05, 0.1) is 19.3 Å². The van der Waals surface area contributed by atoms with Gasteiger partial charge in [0, 0.05) is 27.3 Å². The highest BCUT2D eigenvalue weighted by Gasteiger charge is 2.21. The molecule has 1 heterocycles. The minimum Gasteiger partial charge on any atom is -0.389 e. The van der Waals surface area contributed by atoms with E-state index in [0.29, 0.717) is 19.1 Å². The number of rotatable bonds is 6. The zero-order valence-corrected chi connectivity index (χ0v) is 9.82. The molecule has 0 radical (unpaired) electrons. The van der Waals surface area contributed by atoms with Crippen LogP contribution in [0.5, 0.6) is 0 Å². The van der Waals surface area contributed by atoms with Gasteiger partial charge in [0.25, 0.3) is 0 Å². The molecule has 1 rings (SSSR count). The SMILES string of the molecule is COC[C@@H](O)CN1CCC[C@@H](COC)C1. The van der Waals surface area contributed by atoms with Gasteiger partial charge in [-0.3, -0.25) is 0 Å². The first-order chi connectivity index (χ1) is 7.26. The van der Waals surface area contributed by atoms with Crippen molar-refractivity contribution >= 4 is 0 Å². The molecule has 0 saturated carbocycles. The van der Waals surface area contributed by atoms with Gasteiger partial charge in [0.2, 0.25) is 0 Å². The average molecular weight is 217 g/mol. The lowest BCUT2D eigenvalue weighted by Crippen LogP contribution is -2.42. The number of methoxy groups -OCH3 is 2. The highest BCUT2D eigenvalue weighted by Crippen LogP contribution is 2.16. The quantitative estimate of drug-likeness (QED) is 0.697. The van der Waals surface area contributed by atoms with Gasteiger partial charge < -0.3 is 19.5 Å². The molecule has 1 aliphatic heterocycles. The number of nitrogens with zero attached hydrogens (tertiary/aromatic N) is 1. The van der Waals surface area contributed by atoms with E-state index in [1.54, 1.807) is 14.2 Å². The van der Waals surface area contributed by atoms with E-state index >= 15 is 0 Å². The summed E-state index contributed by atoms with van der Waals surface area (Å²) in [4.78, 5) is 2.30. The van der Waals surface area contributed by atoms with Crippen LogP contribution in [0, 0.1) is 5.92 Å². The lowest BCUT2D eigenvalue weighted by molar-refractivity contribution is 0.0186. The van der Waals surface area contributed by atoms with Crippen LogP contribution in [0.1, 0.15) is 12.8 Å². The first kappa shape index (κ1) is 12.9. The monoisotopic (exact) mass is 217 g/mol. The molecule has 2 atom stereocenters. The van der Waals surface area contributed by atoms with E-state index in [-0.39, 0.29) is 6.10 Å². The number of aliphatic hydroxyl groups is 1. The summed E-state index contributed by atoms with van der Waals surface area (Å²) in [5.74, 6) is 0.624. The average Bonchev–Trinajstić information content (AvgIpc) is 2.19. The smallest absolute Gasteiger partial charge is 0.0900 e. The molecule has 1 fully saturated rings. The number of piperidine rings is 1. The zero-order valence-electron chi connectivity index (χ0n) is 9.82. The second-order valence-electron chi connectivity index (χ2n) is 4.33. The summed E-state index contributed by atoms with van der Waals surface area (Å²) in [5.41, 5.74) is 0. The largest absolute Gasteiger partial charge is 0.389 e. The van der Waals surface area contributed by atoms with E-state index in [0.717, 1.165) is 19.7 Å². The van der Waals surface area contributed by atoms with Crippen molar-refractivity contribution in [3.05, 3.63) is 0 Å². The van der Waals surface area contributed by atoms with Crippen LogP contribution in [0.25, 0.3) is 0 Å². The Kier molecular flexibility index (Phi) is 6.17. The molecule has 0 spiro atoms. The molecular formula is C11H23NO3. The van der Waals surface area contributed by atoms with E-state index < -0.39 is 0 Å². The first-order valence-electron chi connectivity index (χ1n) is 5.64. The van der Waals surface area contributed by atoms with Crippen molar-refractivity contribution in [1.29, 1.82) is 0 Å². The van der Waals surface area contributed by atoms with Crippen LogP contribution in [0.4, 0.5) is 0 Å². The third-order valence-electron chi connectivity index (χ3n) is 2.83. The number of hydrogen-bond acceptors (Lipinski definition) is 4. The third kappa shape index (κ3) is 4.93. The summed E-state index contributed by atoms with van der Waals surface area (Å²) in [7, 11) is 3.37. The van der Waals surface area contributed by atoms with Crippen LogP contribution >= 0.6 is 0 Å². The molecule has 0 amide bonds. The lowest BCUT2D eigenvalue weighted by atomic mass is 9.99. The maximum Gasteiger partial charge on any atom is 0.0900 e. The summed E-state index contributed by atoms with van der Waals surface area (Å²) >= 11 is 0. The van der Waals surface area contributed by atoms with Crippen LogP contribution in [-0.4, -0.2) is 63.2 Å². The van der Waals surface area contributed by atoms with E-state index in [9.17, 15) is 5.11 Å². The molecule has 1 N–H and O–H groups in total. The summed E-state index contributed by atoms with van der Waals surface area (Å²) in [6, 6.07) is 0. The van der Waals surface area contributed by atoms with Gasteiger partial charge in [0.1, 0.15) is 0 Å². The van der Waals surface area contributed by atoms with Crippen molar-refractivity contribution in [1.82, 2.24) is 4.90 Å². The standard InChI is InChI=1S/C11H23NO3/c1-14-8-10-4-3-5-12(6-10)7-11(13)9-15-2/h10-11,13H,3-9H2,1-2H3/t10-,11+/m1/s1. The minimum absolute atomic E-state index is 0.365. The van der Waals surface area contributed by atoms with Crippen molar-refractivity contribution < 1.29 is 14.6 Å². The molecule has 1 aliphatic rings. The predicted octanol–water partition coefficient (Wildman–Crippen LogP) is 0.352. The molecule has 4 heteroatoms. The van der Waals surface area contributed by atoms with E-state index in [1.807, 2.05) is 0 Å². The molecule has 0 aromatic rings. The van der Waals surface area contributed by atoms with Crippen molar-refractivity contribution in [2.75, 3.05) is 47.1 Å². The molecule has 0 aromatic heterocycles. The molecule has 0 aliphatic carbocycles. The normalized spacial score (nSPS) is 25.4. The molecule has 90 valence electrons. The number of aliphatic hydroxyl groups excluding tert-OH is 1. The fourth-order valence-corrected chi connectivity index (χ4v) is 2.23. The Hall–Kier alpha value is -0.160. The highest BCUT2D eigenvalue weighted by atomic mass is 16.5. The topological polar surface area (TPSA) is 41.9 Å². The van der Waals surface area contributed by atoms with Gasteiger partial charge in [-0.1, -0.05) is 0 Å². The van der Waals surface area contributed by atoms with Crippen molar-refractivity contribution in [3.63, 3.8) is 0 Å². The Morgan fingerprint density at radius 3 is 2.87 bits per heavy atom. The molecular weight excluding hydrogens is 194 g/mol. The number of hydrogen-bond donors (Lipinski definition) is 1. The Morgan fingerprint density at radius 2 is 2.20 bits per heavy atom. The highest BCUT2D eigenvalue weighted by molar-refractivity contribution is 4.74. The fourth-order valence-electron chi connectivity index (χ4n) is 2.23. The second-order valence-corrected chi connectivity index (χ2v) is 4.33. The van der Waals surface area contributed by atoms with Gasteiger partial charge in [-0.2, -0.15) is 0 Å². The van der Waals surface area contributed by atoms with Crippen LogP contribution in [-0.2, 0) is 9.47 Å². The zero-order chi connectivity index (χ0) is 11.1. The molecule has 0 unspecified atom stereocenters. The Morgan fingerprint density at radius 1 is 1.40 bits per heavy atom. The fraction of sp³-hybridized carbons (Fsp3) is 1.00. The van der Waals surface area contributed by atoms with E-state index in [4.69, 9.17) is 9.47 Å². The second kappa shape index (κ2) is 7.17. The maximum atomic E-state index is 9.62. The third-order valence-corrected chi connectivity index (χ3v) is 2.83. The molecule has 0 aromatic carbocycles. The number of β-amino-alcohol motifs (C(OH)–C–C–N with tert-alkyl or cyclic N) is 1. The summed E-state index contributed by atoms with van der Waals surface area (Å²) in [6.07, 6.45) is 2.08. The first-order valence-corrected chi connectivity index (χ1v) is 5.64. The molecule has 0 bridgehead atoms. The van der Waals surface area contributed by atoms with Crippen LogP contribution in [0.15, 0.2) is 0 Å². The van der Waals surface area contributed by atoms with Crippen molar-refractivity contribution in [3.8, 4) is 0 Å². The van der Waals surface area contributed by atoms with Crippen molar-refractivity contribution in [2.24, 2.45) is 5.92 Å². The summed E-state index contributed by atoms with van der Waals surface area (Å²) in [6.45, 7) is 4.09. The number of likely N-dealkylation sites (tertiary alicyclic amines) is 1. The van der Waals surface area contributed by atoms with Gasteiger partial charge >= 0.3 is 0 Å². The maximum absolute atomic E-state index is 9.62. The molecule has 15 heavy (non-hydrogen) atoms. The van der Waals surface area contributed by atoms with Crippen LogP contribution in [0.2, 0.25) is 0 Å². The Bertz CT molecular complexity index is 162. The lowest BCUT2D eigenvalue weighted by Gasteiger charge is -2.33. The van der Waals surface area contributed by atoms with Crippen molar-refractivity contribution in [2.45, 2.75) is 18.9 Å². The van der Waals surface area contributed by atoms with E-state index in [1.165, 1.54) is 12.8 Å². The van der Waals surface area contributed by atoms with Crippen LogP contribution < -0.4 is 0 Å². The Balaban J connectivity index is 2.23. The Labute approximate surface area is 92.2 Å². The molecule has 1 saturated heterocycles. The van der Waals surface area contributed by atoms with Gasteiger partial charge in [-0.05, 0) is 25.3 Å². The molecule has 4 nitrogen and oxygen atoms in total. The predicted molar refractivity (Wildman–Crippen MR) is 58.9 cm³/mol. The van der Waals surface area contributed by atoms with Gasteiger partial charge in [-0.15, -0.1) is 0 Å². The number of ether oxygens (including phenoxy) is 2. The van der Waals surface area contributed by atoms with E-state index in [2.05, 4.69) is 4.90 Å². The summed E-state index contributed by atoms with van der Waals surface area (Å²) in [5, 5.41) is 9.62. The minimum atomic E-state index is -0.365. The van der Waals surface area contributed by atoms with Crippen LogP contribution in [0.3, 0.4) is 0 Å². The summed E-state index contributed by atoms with van der Waals surface area (Å²) < 4.78 is 10.1. The van der Waals surface area contributed by atoms with Gasteiger partial charge in [0.15, 0.2) is 0 Å².